The first-order chi connectivity index (χ1) is 13.5. The third-order valence-corrected chi connectivity index (χ3v) is 5.56. The van der Waals surface area contributed by atoms with E-state index in [0.717, 1.165) is 37.9 Å². The Morgan fingerprint density at radius 1 is 1.07 bits per heavy atom. The molecule has 1 heterocycles. The molecule has 3 rings (SSSR count). The summed E-state index contributed by atoms with van der Waals surface area (Å²) in [5, 5.41) is 3.19. The number of anilines is 1. The quantitative estimate of drug-likeness (QED) is 0.789. The summed E-state index contributed by atoms with van der Waals surface area (Å²) >= 11 is 6.34. The lowest BCUT2D eigenvalue weighted by atomic mass is 9.94. The van der Waals surface area contributed by atoms with Gasteiger partial charge in [-0.3, -0.25) is 9.59 Å². The second kappa shape index (κ2) is 9.22. The second-order valence-electron chi connectivity index (χ2n) is 7.26. The first-order valence-corrected chi connectivity index (χ1v) is 10.1. The SMILES string of the molecule is CC(C(=O)Nc1ccc(C(=O)N2CCCCC2)c(Cl)c1)C(N)c1ccccc1. The number of amides is 2. The predicted molar refractivity (Wildman–Crippen MR) is 112 cm³/mol. The van der Waals surface area contributed by atoms with Gasteiger partial charge in [-0.15, -0.1) is 0 Å². The number of piperidine rings is 1. The van der Waals surface area contributed by atoms with Crippen LogP contribution in [0.5, 0.6) is 0 Å². The lowest BCUT2D eigenvalue weighted by Gasteiger charge is -2.27. The number of carbonyl (C=O) groups excluding carboxylic acids is 2. The van der Waals surface area contributed by atoms with E-state index in [-0.39, 0.29) is 11.8 Å². The Hall–Kier alpha value is -2.37. The molecule has 0 radical (unpaired) electrons. The summed E-state index contributed by atoms with van der Waals surface area (Å²) in [5.74, 6) is -0.666. The minimum absolute atomic E-state index is 0.0537. The average molecular weight is 400 g/mol. The Balaban J connectivity index is 1.66. The average Bonchev–Trinajstić information content (AvgIpc) is 2.73. The summed E-state index contributed by atoms with van der Waals surface area (Å²) in [4.78, 5) is 27.1. The summed E-state index contributed by atoms with van der Waals surface area (Å²) in [6, 6.07) is 14.1. The Morgan fingerprint density at radius 2 is 1.75 bits per heavy atom. The molecule has 1 aliphatic heterocycles. The summed E-state index contributed by atoms with van der Waals surface area (Å²) in [6.45, 7) is 3.33. The first kappa shape index (κ1) is 20.4. The van der Waals surface area contributed by atoms with Crippen LogP contribution in [0.3, 0.4) is 0 Å². The third-order valence-electron chi connectivity index (χ3n) is 5.25. The van der Waals surface area contributed by atoms with Gasteiger partial charge in [0, 0.05) is 24.8 Å². The van der Waals surface area contributed by atoms with E-state index in [1.807, 2.05) is 35.2 Å². The van der Waals surface area contributed by atoms with Crippen LogP contribution in [0.4, 0.5) is 5.69 Å². The van der Waals surface area contributed by atoms with E-state index in [1.165, 1.54) is 0 Å². The van der Waals surface area contributed by atoms with E-state index in [1.54, 1.807) is 25.1 Å². The van der Waals surface area contributed by atoms with Gasteiger partial charge in [-0.1, -0.05) is 48.9 Å². The second-order valence-corrected chi connectivity index (χ2v) is 7.67. The molecular weight excluding hydrogens is 374 g/mol. The van der Waals surface area contributed by atoms with Crippen molar-refractivity contribution in [1.29, 1.82) is 0 Å². The van der Waals surface area contributed by atoms with Crippen LogP contribution in [0.2, 0.25) is 5.02 Å². The van der Waals surface area contributed by atoms with Crippen LogP contribution in [0.25, 0.3) is 0 Å². The van der Waals surface area contributed by atoms with Crippen molar-refractivity contribution in [2.45, 2.75) is 32.2 Å². The molecule has 2 aromatic carbocycles. The van der Waals surface area contributed by atoms with Gasteiger partial charge in [0.05, 0.1) is 16.5 Å². The molecule has 2 amide bonds. The number of halogens is 1. The van der Waals surface area contributed by atoms with Crippen molar-refractivity contribution in [1.82, 2.24) is 4.90 Å². The van der Waals surface area contributed by atoms with Gasteiger partial charge in [0.15, 0.2) is 0 Å². The van der Waals surface area contributed by atoms with Crippen molar-refractivity contribution in [3.8, 4) is 0 Å². The Labute approximate surface area is 170 Å². The zero-order valence-electron chi connectivity index (χ0n) is 16.0. The fourth-order valence-corrected chi connectivity index (χ4v) is 3.68. The number of benzene rings is 2. The summed E-state index contributed by atoms with van der Waals surface area (Å²) in [5.41, 5.74) is 8.16. The minimum Gasteiger partial charge on any atom is -0.339 e. The summed E-state index contributed by atoms with van der Waals surface area (Å²) in [7, 11) is 0. The molecule has 0 spiro atoms. The largest absolute Gasteiger partial charge is 0.339 e. The fraction of sp³-hybridized carbons (Fsp3) is 0.364. The van der Waals surface area contributed by atoms with E-state index in [4.69, 9.17) is 17.3 Å². The number of nitrogens with one attached hydrogen (secondary N) is 1. The maximum atomic E-state index is 12.6. The molecule has 2 atom stereocenters. The normalized spacial score (nSPS) is 16.3. The maximum absolute atomic E-state index is 12.6. The molecule has 2 unspecified atom stereocenters. The first-order valence-electron chi connectivity index (χ1n) is 9.67. The van der Waals surface area contributed by atoms with Crippen LogP contribution >= 0.6 is 11.6 Å². The zero-order valence-corrected chi connectivity index (χ0v) is 16.8. The van der Waals surface area contributed by atoms with Crippen molar-refractivity contribution >= 4 is 29.1 Å². The van der Waals surface area contributed by atoms with Gasteiger partial charge in [-0.25, -0.2) is 0 Å². The predicted octanol–water partition coefficient (Wildman–Crippen LogP) is 4.24. The van der Waals surface area contributed by atoms with Crippen LogP contribution in [0.1, 0.15) is 48.1 Å². The lowest BCUT2D eigenvalue weighted by Crippen LogP contribution is -2.35. The van der Waals surface area contributed by atoms with Crippen molar-refractivity contribution in [2.24, 2.45) is 11.7 Å². The number of hydrogen-bond acceptors (Lipinski definition) is 3. The number of nitrogens with two attached hydrogens (primary N) is 1. The van der Waals surface area contributed by atoms with Crippen molar-refractivity contribution in [3.05, 3.63) is 64.7 Å². The molecule has 148 valence electrons. The molecule has 0 aliphatic carbocycles. The van der Waals surface area contributed by atoms with E-state index >= 15 is 0 Å². The molecule has 0 saturated carbocycles. The molecule has 2 aromatic rings. The number of hydrogen-bond donors (Lipinski definition) is 2. The lowest BCUT2D eigenvalue weighted by molar-refractivity contribution is -0.120. The highest BCUT2D eigenvalue weighted by molar-refractivity contribution is 6.34. The third kappa shape index (κ3) is 4.72. The van der Waals surface area contributed by atoms with Gasteiger partial charge < -0.3 is 16.0 Å². The van der Waals surface area contributed by atoms with Gasteiger partial charge in [-0.05, 0) is 43.0 Å². The monoisotopic (exact) mass is 399 g/mol. The number of rotatable bonds is 5. The minimum atomic E-state index is -0.421. The van der Waals surface area contributed by atoms with Crippen LogP contribution in [0, 0.1) is 5.92 Å². The molecule has 1 fully saturated rings. The van der Waals surface area contributed by atoms with Crippen LogP contribution in [0.15, 0.2) is 48.5 Å². The van der Waals surface area contributed by atoms with E-state index in [0.29, 0.717) is 16.3 Å². The van der Waals surface area contributed by atoms with Crippen molar-refractivity contribution in [3.63, 3.8) is 0 Å². The number of carbonyl (C=O) groups is 2. The van der Waals surface area contributed by atoms with Crippen molar-refractivity contribution < 1.29 is 9.59 Å². The van der Waals surface area contributed by atoms with Crippen LogP contribution in [-0.4, -0.2) is 29.8 Å². The molecule has 1 aliphatic rings. The Bertz CT molecular complexity index is 835. The smallest absolute Gasteiger partial charge is 0.255 e. The van der Waals surface area contributed by atoms with Gasteiger partial charge >= 0.3 is 0 Å². The highest BCUT2D eigenvalue weighted by Crippen LogP contribution is 2.25. The highest BCUT2D eigenvalue weighted by atomic mass is 35.5. The van der Waals surface area contributed by atoms with E-state index < -0.39 is 12.0 Å². The highest BCUT2D eigenvalue weighted by Gasteiger charge is 2.23. The van der Waals surface area contributed by atoms with Crippen LogP contribution in [-0.2, 0) is 4.79 Å². The Kier molecular flexibility index (Phi) is 6.70. The topological polar surface area (TPSA) is 75.4 Å². The molecular formula is C22H26ClN3O2. The zero-order chi connectivity index (χ0) is 20.1. The maximum Gasteiger partial charge on any atom is 0.255 e. The molecule has 1 saturated heterocycles. The fourth-order valence-electron chi connectivity index (χ4n) is 3.42. The summed E-state index contributed by atoms with van der Waals surface area (Å²) in [6.07, 6.45) is 3.21. The van der Waals surface area contributed by atoms with E-state index in [9.17, 15) is 9.59 Å². The Morgan fingerprint density at radius 3 is 2.39 bits per heavy atom. The number of nitrogens with zero attached hydrogens (tertiary/aromatic N) is 1. The van der Waals surface area contributed by atoms with Crippen molar-refractivity contribution in [2.75, 3.05) is 18.4 Å². The van der Waals surface area contributed by atoms with Gasteiger partial charge in [0.1, 0.15) is 0 Å². The molecule has 5 nitrogen and oxygen atoms in total. The summed E-state index contributed by atoms with van der Waals surface area (Å²) < 4.78 is 0. The van der Waals surface area contributed by atoms with E-state index in [2.05, 4.69) is 5.32 Å². The molecule has 6 heteroatoms. The van der Waals surface area contributed by atoms with Crippen LogP contribution < -0.4 is 11.1 Å². The molecule has 28 heavy (non-hydrogen) atoms. The molecule has 3 N–H and O–H groups in total. The van der Waals surface area contributed by atoms with Gasteiger partial charge in [-0.2, -0.15) is 0 Å². The molecule has 0 bridgehead atoms. The van der Waals surface area contributed by atoms with Gasteiger partial charge in [0.2, 0.25) is 5.91 Å². The van der Waals surface area contributed by atoms with Gasteiger partial charge in [0.25, 0.3) is 5.91 Å². The molecule has 0 aromatic heterocycles. The standard InChI is InChI=1S/C22H26ClN3O2/c1-15(20(24)16-8-4-2-5-9-16)21(27)25-17-10-11-18(19(23)14-17)22(28)26-12-6-3-7-13-26/h2,4-5,8-11,14-15,20H,3,6-7,12-13,24H2,1H3,(H,25,27). The number of likely N-dealkylation sites (tertiary alicyclic amines) is 1.